The minimum atomic E-state index is -1.93. The maximum Gasteiger partial charge on any atom is 0.335 e. The molecule has 406 valence electrons. The third kappa shape index (κ3) is 37.6. The van der Waals surface area contributed by atoms with E-state index in [1.54, 1.807) is 12.2 Å². The molecule has 12 nitrogen and oxygen atoms in total. The number of unbranched alkanes of at least 4 members (excludes halogenated alkanes) is 21. The Bertz CT molecular complexity index is 1510. The second-order valence-corrected chi connectivity index (χ2v) is 18.9. The van der Waals surface area contributed by atoms with Crippen LogP contribution in [0.5, 0.6) is 0 Å². The Morgan fingerprint density at radius 1 is 0.493 bits per heavy atom. The first kappa shape index (κ1) is 65.2. The summed E-state index contributed by atoms with van der Waals surface area (Å²) in [7, 11) is 0. The number of ether oxygens (including phenoxy) is 5. The van der Waals surface area contributed by atoms with Gasteiger partial charge in [-0.3, -0.25) is 14.4 Å². The largest absolute Gasteiger partial charge is 0.479 e. The molecular formula is C59H98O12. The van der Waals surface area contributed by atoms with Gasteiger partial charge in [-0.2, -0.15) is 0 Å². The molecule has 1 heterocycles. The molecule has 0 aromatic carbocycles. The summed E-state index contributed by atoms with van der Waals surface area (Å²) >= 11 is 0. The van der Waals surface area contributed by atoms with Gasteiger partial charge in [-0.1, -0.05) is 209 Å². The van der Waals surface area contributed by atoms with Crippen molar-refractivity contribution in [2.75, 3.05) is 13.2 Å². The summed E-state index contributed by atoms with van der Waals surface area (Å²) in [6.45, 7) is 5.79. The van der Waals surface area contributed by atoms with Crippen LogP contribution >= 0.6 is 0 Å². The molecule has 0 aromatic rings. The summed E-state index contributed by atoms with van der Waals surface area (Å²) < 4.78 is 28.2. The van der Waals surface area contributed by atoms with Crippen LogP contribution in [0.2, 0.25) is 0 Å². The summed E-state index contributed by atoms with van der Waals surface area (Å²) in [5.74, 6) is -3.29. The molecule has 0 radical (unpaired) electrons. The highest BCUT2D eigenvalue weighted by atomic mass is 16.7. The second kappa shape index (κ2) is 47.2. The SMILES string of the molecule is CC/C=C\C/C=C\C/C=C\C/C=C\C/C=C\CC(=O)OC1C(OCC(COC(=O)CCCCCCCCC/C=C\CCCCCCCC)OC(=O)CCCCCCCCCCC)OC(C(=O)O)C(O)C1O. The first-order chi connectivity index (χ1) is 34.6. The molecule has 1 aliphatic rings. The number of aliphatic carboxylic acids is 1. The number of carboxylic acids is 1. The Labute approximate surface area is 429 Å². The van der Waals surface area contributed by atoms with Crippen LogP contribution in [-0.4, -0.2) is 89.2 Å². The van der Waals surface area contributed by atoms with Gasteiger partial charge in [0.15, 0.2) is 24.6 Å². The zero-order chi connectivity index (χ0) is 51.8. The Hall–Kier alpha value is -3.84. The van der Waals surface area contributed by atoms with Gasteiger partial charge in [0, 0.05) is 12.8 Å². The number of rotatable bonds is 46. The van der Waals surface area contributed by atoms with Crippen LogP contribution in [0.3, 0.4) is 0 Å². The predicted octanol–water partition coefficient (Wildman–Crippen LogP) is 13.8. The van der Waals surface area contributed by atoms with Crippen LogP contribution in [0.1, 0.15) is 226 Å². The molecule has 0 bridgehead atoms. The molecule has 1 saturated heterocycles. The number of allylic oxidation sites excluding steroid dienone is 11. The third-order valence-electron chi connectivity index (χ3n) is 12.3. The number of hydrogen-bond donors (Lipinski definition) is 3. The smallest absolute Gasteiger partial charge is 0.335 e. The lowest BCUT2D eigenvalue weighted by Gasteiger charge is -2.40. The molecule has 0 amide bonds. The maximum absolute atomic E-state index is 13.0. The summed E-state index contributed by atoms with van der Waals surface area (Å²) in [5, 5.41) is 31.3. The van der Waals surface area contributed by atoms with E-state index in [4.69, 9.17) is 23.7 Å². The molecule has 1 aliphatic heterocycles. The van der Waals surface area contributed by atoms with Gasteiger partial charge in [0.05, 0.1) is 13.0 Å². The van der Waals surface area contributed by atoms with Crippen molar-refractivity contribution >= 4 is 23.9 Å². The molecule has 1 rings (SSSR count). The highest BCUT2D eigenvalue weighted by Crippen LogP contribution is 2.26. The summed E-state index contributed by atoms with van der Waals surface area (Å²) in [6.07, 6.45) is 46.3. The van der Waals surface area contributed by atoms with Crippen molar-refractivity contribution in [3.8, 4) is 0 Å². The van der Waals surface area contributed by atoms with Gasteiger partial charge in [-0.15, -0.1) is 0 Å². The Morgan fingerprint density at radius 3 is 1.41 bits per heavy atom. The number of aliphatic hydroxyl groups excluding tert-OH is 2. The lowest BCUT2D eigenvalue weighted by molar-refractivity contribution is -0.301. The second-order valence-electron chi connectivity index (χ2n) is 18.9. The van der Waals surface area contributed by atoms with Crippen LogP contribution in [0.15, 0.2) is 72.9 Å². The van der Waals surface area contributed by atoms with E-state index < -0.39 is 67.3 Å². The fourth-order valence-electron chi connectivity index (χ4n) is 8.03. The van der Waals surface area contributed by atoms with Crippen molar-refractivity contribution in [2.45, 2.75) is 263 Å². The first-order valence-corrected chi connectivity index (χ1v) is 27.9. The number of esters is 3. The molecular weight excluding hydrogens is 901 g/mol. The molecule has 12 heteroatoms. The van der Waals surface area contributed by atoms with E-state index in [0.29, 0.717) is 19.3 Å². The lowest BCUT2D eigenvalue weighted by atomic mass is 9.98. The van der Waals surface area contributed by atoms with E-state index in [1.165, 1.54) is 96.3 Å². The van der Waals surface area contributed by atoms with Crippen LogP contribution in [0, 0.1) is 0 Å². The van der Waals surface area contributed by atoms with E-state index in [0.717, 1.165) is 70.6 Å². The molecule has 0 aliphatic carbocycles. The van der Waals surface area contributed by atoms with Gasteiger partial charge in [0.2, 0.25) is 0 Å². The first-order valence-electron chi connectivity index (χ1n) is 27.9. The zero-order valence-electron chi connectivity index (χ0n) is 44.4. The van der Waals surface area contributed by atoms with Crippen molar-refractivity contribution in [2.24, 2.45) is 0 Å². The molecule has 1 fully saturated rings. The van der Waals surface area contributed by atoms with Crippen molar-refractivity contribution < 1.29 is 58.2 Å². The molecule has 0 spiro atoms. The van der Waals surface area contributed by atoms with Crippen LogP contribution < -0.4 is 0 Å². The number of aliphatic hydroxyl groups is 2. The molecule has 0 saturated carbocycles. The summed E-state index contributed by atoms with van der Waals surface area (Å²) in [5.41, 5.74) is 0. The zero-order valence-corrected chi connectivity index (χ0v) is 44.4. The van der Waals surface area contributed by atoms with E-state index in [-0.39, 0.29) is 25.9 Å². The normalized spacial score (nSPS) is 19.0. The molecule has 6 unspecified atom stereocenters. The fraction of sp³-hybridized carbons (Fsp3) is 0.729. The Balaban J connectivity index is 2.72. The Kier molecular flexibility index (Phi) is 43.3. The summed E-state index contributed by atoms with van der Waals surface area (Å²) in [4.78, 5) is 50.8. The standard InChI is InChI=1S/C59H98O12/c1-4-7-10-13-16-19-21-23-25-26-28-29-31-34-36-39-42-45-51(60)67-48-50(69-52(61)46-43-40-37-33-18-15-12-9-6-3)49-68-59-57(55(64)54(63)56(71-59)58(65)66)70-53(62)47-44-41-38-35-32-30-27-24-22-20-17-14-11-8-5-2/h8,11,17,20,23-25,27,32,35,41,44,50,54-57,59,63-64H,4-7,9-10,12-16,18-19,21-22,26,28-31,33-34,36-40,42-43,45-49H2,1-3H3,(H,65,66)/b11-8-,20-17-,25-23-,27-24-,35-32-,44-41-. The lowest BCUT2D eigenvalue weighted by Crippen LogP contribution is -2.61. The minimum Gasteiger partial charge on any atom is -0.479 e. The van der Waals surface area contributed by atoms with Gasteiger partial charge in [-0.05, 0) is 70.6 Å². The Morgan fingerprint density at radius 2 is 0.930 bits per heavy atom. The van der Waals surface area contributed by atoms with Gasteiger partial charge < -0.3 is 39.0 Å². The third-order valence-corrected chi connectivity index (χ3v) is 12.3. The van der Waals surface area contributed by atoms with Crippen LogP contribution in [0.25, 0.3) is 0 Å². The monoisotopic (exact) mass is 999 g/mol. The van der Waals surface area contributed by atoms with Crippen LogP contribution in [0.4, 0.5) is 0 Å². The summed E-state index contributed by atoms with van der Waals surface area (Å²) in [6, 6.07) is 0. The topological polar surface area (TPSA) is 175 Å². The molecule has 3 N–H and O–H groups in total. The number of hydrogen-bond acceptors (Lipinski definition) is 11. The van der Waals surface area contributed by atoms with E-state index in [1.807, 2.05) is 12.2 Å². The van der Waals surface area contributed by atoms with Gasteiger partial charge >= 0.3 is 23.9 Å². The molecule has 6 atom stereocenters. The average Bonchev–Trinajstić information content (AvgIpc) is 3.35. The molecule has 0 aromatic heterocycles. The fourth-order valence-corrected chi connectivity index (χ4v) is 8.03. The number of carboxylic acid groups (broad SMARTS) is 1. The number of carbonyl (C=O) groups is 4. The minimum absolute atomic E-state index is 0.151. The van der Waals surface area contributed by atoms with Gasteiger partial charge in [0.25, 0.3) is 0 Å². The maximum atomic E-state index is 13.0. The van der Waals surface area contributed by atoms with Crippen molar-refractivity contribution in [1.82, 2.24) is 0 Å². The van der Waals surface area contributed by atoms with E-state index >= 15 is 0 Å². The highest BCUT2D eigenvalue weighted by molar-refractivity contribution is 5.74. The van der Waals surface area contributed by atoms with Gasteiger partial charge in [-0.25, -0.2) is 4.79 Å². The molecule has 71 heavy (non-hydrogen) atoms. The van der Waals surface area contributed by atoms with E-state index in [2.05, 4.69) is 69.4 Å². The van der Waals surface area contributed by atoms with E-state index in [9.17, 15) is 34.5 Å². The highest BCUT2D eigenvalue weighted by Gasteiger charge is 2.50. The van der Waals surface area contributed by atoms with Gasteiger partial charge in [0.1, 0.15) is 18.8 Å². The quantitative estimate of drug-likeness (QED) is 0.0228. The van der Waals surface area contributed by atoms with Crippen molar-refractivity contribution in [3.63, 3.8) is 0 Å². The predicted molar refractivity (Wildman–Crippen MR) is 285 cm³/mol. The number of carbonyl (C=O) groups excluding carboxylic acids is 3. The van der Waals surface area contributed by atoms with Crippen molar-refractivity contribution in [3.05, 3.63) is 72.9 Å². The average molecular weight is 999 g/mol. The van der Waals surface area contributed by atoms with Crippen LogP contribution in [-0.2, 0) is 42.9 Å². The van der Waals surface area contributed by atoms with Crippen molar-refractivity contribution in [1.29, 1.82) is 0 Å².